The van der Waals surface area contributed by atoms with Gasteiger partial charge in [0.25, 0.3) is 0 Å². The molecule has 0 aliphatic carbocycles. The number of anilines is 1. The lowest BCUT2D eigenvalue weighted by atomic mass is 10.2. The average molecular weight is 270 g/mol. The van der Waals surface area contributed by atoms with Crippen LogP contribution < -0.4 is 11.0 Å². The summed E-state index contributed by atoms with van der Waals surface area (Å²) < 4.78 is 1.25. The van der Waals surface area contributed by atoms with Crippen LogP contribution in [0.3, 0.4) is 0 Å². The van der Waals surface area contributed by atoms with Crippen molar-refractivity contribution < 1.29 is 0 Å². The van der Waals surface area contributed by atoms with E-state index >= 15 is 0 Å². The molecule has 7 heteroatoms. The molecule has 0 saturated heterocycles. The van der Waals surface area contributed by atoms with Gasteiger partial charge < -0.3 is 5.32 Å². The van der Waals surface area contributed by atoms with Gasteiger partial charge in [0, 0.05) is 12.4 Å². The highest BCUT2D eigenvalue weighted by molar-refractivity contribution is 6.17. The minimum Gasteiger partial charge on any atom is -0.369 e. The molecule has 0 saturated carbocycles. The van der Waals surface area contributed by atoms with Gasteiger partial charge in [-0.05, 0) is 25.0 Å². The monoisotopic (exact) mass is 269 g/mol. The van der Waals surface area contributed by atoms with Gasteiger partial charge in [0.2, 0.25) is 0 Å². The number of fused-ring (bicyclic) bond motifs is 1. The molecule has 0 fully saturated rings. The first-order chi connectivity index (χ1) is 8.81. The van der Waals surface area contributed by atoms with E-state index in [4.69, 9.17) is 11.6 Å². The highest BCUT2D eigenvalue weighted by atomic mass is 35.5. The lowest BCUT2D eigenvalue weighted by Gasteiger charge is -2.04. The van der Waals surface area contributed by atoms with Crippen molar-refractivity contribution in [1.82, 2.24) is 19.8 Å². The maximum atomic E-state index is 11.3. The van der Waals surface area contributed by atoms with Crippen LogP contribution in [0, 0.1) is 0 Å². The molecule has 0 amide bonds. The number of unbranched alkanes of at least 4 members (excludes halogenated alkanes) is 3. The van der Waals surface area contributed by atoms with E-state index in [1.54, 1.807) is 6.07 Å². The third-order valence-corrected chi connectivity index (χ3v) is 2.91. The first-order valence-corrected chi connectivity index (χ1v) is 6.59. The molecule has 2 N–H and O–H groups in total. The quantitative estimate of drug-likeness (QED) is 0.592. The largest absolute Gasteiger partial charge is 0.369 e. The van der Waals surface area contributed by atoms with Crippen molar-refractivity contribution in [3.8, 4) is 0 Å². The molecule has 0 aliphatic rings. The van der Waals surface area contributed by atoms with Gasteiger partial charge in [0.1, 0.15) is 5.82 Å². The zero-order valence-corrected chi connectivity index (χ0v) is 10.8. The summed E-state index contributed by atoms with van der Waals surface area (Å²) in [5.74, 6) is 1.41. The summed E-state index contributed by atoms with van der Waals surface area (Å²) in [4.78, 5) is 11.3. The fourth-order valence-electron chi connectivity index (χ4n) is 1.69. The van der Waals surface area contributed by atoms with Crippen molar-refractivity contribution in [3.63, 3.8) is 0 Å². The van der Waals surface area contributed by atoms with Crippen LogP contribution in [-0.4, -0.2) is 32.2 Å². The van der Waals surface area contributed by atoms with Gasteiger partial charge >= 0.3 is 5.69 Å². The van der Waals surface area contributed by atoms with Crippen LogP contribution in [0.2, 0.25) is 0 Å². The minimum absolute atomic E-state index is 0.323. The smallest absolute Gasteiger partial charge is 0.364 e. The Morgan fingerprint density at radius 1 is 1.28 bits per heavy atom. The Bertz CT molecular complexity index is 550. The molecule has 2 aromatic rings. The van der Waals surface area contributed by atoms with E-state index in [1.165, 1.54) is 4.52 Å². The van der Waals surface area contributed by atoms with Crippen molar-refractivity contribution in [3.05, 3.63) is 22.6 Å². The van der Waals surface area contributed by atoms with Gasteiger partial charge in [0.15, 0.2) is 5.65 Å². The molecule has 2 aromatic heterocycles. The molecule has 18 heavy (non-hydrogen) atoms. The van der Waals surface area contributed by atoms with E-state index in [0.717, 1.165) is 38.1 Å². The lowest BCUT2D eigenvalue weighted by molar-refractivity contribution is 0.685. The third-order valence-electron chi connectivity index (χ3n) is 2.64. The third kappa shape index (κ3) is 3.22. The van der Waals surface area contributed by atoms with E-state index in [0.29, 0.717) is 11.5 Å². The van der Waals surface area contributed by atoms with Gasteiger partial charge in [-0.3, -0.25) is 0 Å². The van der Waals surface area contributed by atoms with E-state index in [1.807, 2.05) is 6.07 Å². The molecule has 0 atom stereocenters. The van der Waals surface area contributed by atoms with Crippen LogP contribution in [0.15, 0.2) is 16.9 Å². The van der Waals surface area contributed by atoms with Gasteiger partial charge in [0.05, 0.1) is 0 Å². The second-order valence-corrected chi connectivity index (χ2v) is 4.43. The number of rotatable bonds is 7. The molecule has 0 aliphatic heterocycles. The summed E-state index contributed by atoms with van der Waals surface area (Å²) in [6, 6.07) is 3.56. The fraction of sp³-hybridized carbons (Fsp3) is 0.545. The number of aromatic nitrogens is 4. The standard InChI is InChI=1S/C11H16ClN5O/c12-7-3-1-2-4-8-13-9-5-6-10-14-15-11(18)17(10)16-9/h5-6H,1-4,7-8H2,(H,13,16)(H,15,18). The number of H-pyrrole nitrogens is 1. The molecule has 0 aromatic carbocycles. The first kappa shape index (κ1) is 12.9. The molecule has 0 bridgehead atoms. The summed E-state index contributed by atoms with van der Waals surface area (Å²) in [7, 11) is 0. The van der Waals surface area contributed by atoms with Gasteiger partial charge in [-0.25, -0.2) is 9.89 Å². The normalized spacial score (nSPS) is 10.9. The number of nitrogens with one attached hydrogen (secondary N) is 2. The summed E-state index contributed by atoms with van der Waals surface area (Å²) in [5, 5.41) is 13.5. The maximum Gasteiger partial charge on any atom is 0.364 e. The molecule has 2 heterocycles. The number of aromatic amines is 1. The molecular formula is C11H16ClN5O. The number of hydrogen-bond acceptors (Lipinski definition) is 4. The first-order valence-electron chi connectivity index (χ1n) is 6.05. The Labute approximate surface area is 109 Å². The van der Waals surface area contributed by atoms with Crippen molar-refractivity contribution >= 4 is 23.1 Å². The van der Waals surface area contributed by atoms with Crippen LogP contribution in [0.1, 0.15) is 25.7 Å². The van der Waals surface area contributed by atoms with Gasteiger partial charge in [-0.15, -0.1) is 16.7 Å². The lowest BCUT2D eigenvalue weighted by Crippen LogP contribution is -2.14. The average Bonchev–Trinajstić information content (AvgIpc) is 2.75. The molecular weight excluding hydrogens is 254 g/mol. The summed E-state index contributed by atoms with van der Waals surface area (Å²) >= 11 is 5.60. The highest BCUT2D eigenvalue weighted by Gasteiger charge is 2.01. The van der Waals surface area contributed by atoms with Crippen LogP contribution in [0.25, 0.3) is 5.65 Å². The topological polar surface area (TPSA) is 75.1 Å². The van der Waals surface area contributed by atoms with E-state index in [2.05, 4.69) is 20.6 Å². The van der Waals surface area contributed by atoms with Crippen LogP contribution in [-0.2, 0) is 0 Å². The summed E-state index contributed by atoms with van der Waals surface area (Å²) in [5.41, 5.74) is 0.198. The second-order valence-electron chi connectivity index (χ2n) is 4.05. The predicted octanol–water partition coefficient (Wildman–Crippen LogP) is 1.63. The summed E-state index contributed by atoms with van der Waals surface area (Å²) in [6.45, 7) is 0.841. The van der Waals surface area contributed by atoms with Crippen LogP contribution in [0.5, 0.6) is 0 Å². The summed E-state index contributed by atoms with van der Waals surface area (Å²) in [6.07, 6.45) is 4.43. The molecule has 0 unspecified atom stereocenters. The molecule has 6 nitrogen and oxygen atoms in total. The van der Waals surface area contributed by atoms with E-state index in [9.17, 15) is 4.79 Å². The Hall–Kier alpha value is -1.56. The number of alkyl halides is 1. The molecule has 98 valence electrons. The van der Waals surface area contributed by atoms with Gasteiger partial charge in [-0.1, -0.05) is 12.8 Å². The Kier molecular flexibility index (Phi) is 4.58. The second kappa shape index (κ2) is 6.39. The van der Waals surface area contributed by atoms with Crippen LogP contribution in [0.4, 0.5) is 5.82 Å². The Balaban J connectivity index is 1.84. The zero-order chi connectivity index (χ0) is 12.8. The maximum absolute atomic E-state index is 11.3. The van der Waals surface area contributed by atoms with Crippen molar-refractivity contribution in [2.24, 2.45) is 0 Å². The fourth-order valence-corrected chi connectivity index (χ4v) is 1.88. The Morgan fingerprint density at radius 2 is 2.11 bits per heavy atom. The molecule has 0 spiro atoms. The molecule has 2 rings (SSSR count). The zero-order valence-electron chi connectivity index (χ0n) is 10.0. The number of nitrogens with zero attached hydrogens (tertiary/aromatic N) is 3. The predicted molar refractivity (Wildman–Crippen MR) is 71.3 cm³/mol. The van der Waals surface area contributed by atoms with Crippen molar-refractivity contribution in [2.75, 3.05) is 17.7 Å². The SMILES string of the molecule is O=c1[nH]nc2ccc(NCCCCCCCl)nn12. The van der Waals surface area contributed by atoms with Crippen LogP contribution >= 0.6 is 11.6 Å². The highest BCUT2D eigenvalue weighted by Crippen LogP contribution is 2.05. The number of hydrogen-bond donors (Lipinski definition) is 2. The van der Waals surface area contributed by atoms with E-state index in [-0.39, 0.29) is 5.69 Å². The van der Waals surface area contributed by atoms with Gasteiger partial charge in [-0.2, -0.15) is 9.61 Å². The number of halogens is 1. The van der Waals surface area contributed by atoms with E-state index < -0.39 is 0 Å². The minimum atomic E-state index is -0.323. The molecule has 0 radical (unpaired) electrons. The van der Waals surface area contributed by atoms with Crippen molar-refractivity contribution in [1.29, 1.82) is 0 Å². The van der Waals surface area contributed by atoms with Crippen molar-refractivity contribution in [2.45, 2.75) is 25.7 Å². The Morgan fingerprint density at radius 3 is 2.94 bits per heavy atom.